The third-order valence-corrected chi connectivity index (χ3v) is 7.87. The number of alkyl halides is 3. The molecule has 0 bridgehead atoms. The molecule has 0 radical (unpaired) electrons. The van der Waals surface area contributed by atoms with Crippen LogP contribution in [0.4, 0.5) is 36.1 Å². The van der Waals surface area contributed by atoms with Crippen LogP contribution in [0, 0.1) is 6.92 Å². The number of nitrogens with zero attached hydrogens (tertiary/aromatic N) is 3. The number of hydrogen-bond acceptors (Lipinski definition) is 8. The van der Waals surface area contributed by atoms with Gasteiger partial charge in [0.15, 0.2) is 0 Å². The lowest BCUT2D eigenvalue weighted by Crippen LogP contribution is -2.18. The lowest BCUT2D eigenvalue weighted by atomic mass is 10.1. The molecule has 0 spiro atoms. The zero-order valence-corrected chi connectivity index (χ0v) is 24.7. The molecule has 9 nitrogen and oxygen atoms in total. The highest BCUT2D eigenvalue weighted by atomic mass is 32.1. The molecule has 0 aliphatic heterocycles. The lowest BCUT2D eigenvalue weighted by molar-refractivity contribution is -0.137. The Morgan fingerprint density at radius 2 is 1.81 bits per heavy atom. The molecule has 13 heteroatoms. The van der Waals surface area contributed by atoms with E-state index in [9.17, 15) is 22.8 Å². The zero-order chi connectivity index (χ0) is 30.7. The van der Waals surface area contributed by atoms with E-state index in [2.05, 4.69) is 31.2 Å². The van der Waals surface area contributed by atoms with Crippen molar-refractivity contribution >= 4 is 56.2 Å². The summed E-state index contributed by atoms with van der Waals surface area (Å²) in [6, 6.07) is 8.52. The van der Waals surface area contributed by atoms with Gasteiger partial charge in [-0.25, -0.2) is 9.97 Å². The van der Waals surface area contributed by atoms with Gasteiger partial charge in [-0.1, -0.05) is 6.07 Å². The first kappa shape index (κ1) is 30.2. The Balaban J connectivity index is 1.32. The minimum absolute atomic E-state index is 0.142. The molecule has 4 N–H and O–H groups in total. The number of aromatic nitrogens is 2. The Bertz CT molecular complexity index is 1650. The second-order valence-corrected chi connectivity index (χ2v) is 11.7. The number of hydrogen-bond donors (Lipinski definition) is 4. The maximum Gasteiger partial charge on any atom is 0.416 e. The lowest BCUT2D eigenvalue weighted by Gasteiger charge is -2.15. The Hall–Kier alpha value is -4.23. The highest BCUT2D eigenvalue weighted by molar-refractivity contribution is 7.18. The minimum atomic E-state index is -4.62. The number of halogens is 3. The quantitative estimate of drug-likeness (QED) is 0.144. The summed E-state index contributed by atoms with van der Waals surface area (Å²) in [5, 5.41) is 13.6. The summed E-state index contributed by atoms with van der Waals surface area (Å²) in [4.78, 5) is 37.0. The molecular weight excluding hydrogens is 579 g/mol. The standard InChI is InChI=1S/C30H32F3N7O2S/c1-17-5-6-21(38-28(41)18-11-19(30(31,32)33)13-22(12-18)34-9-4-10-40(2)3)14-24(17)39-29(42)23-15-43-26-25(23)35-16-36-27(26)37-20-7-8-20/h5-6,11-16,20,34H,4,7-10H2,1-3H3,(H,38,41)(H,39,42)(H,35,36,37). The highest BCUT2D eigenvalue weighted by Crippen LogP contribution is 2.34. The largest absolute Gasteiger partial charge is 0.416 e. The van der Waals surface area contributed by atoms with Crippen LogP contribution in [0.3, 0.4) is 0 Å². The Morgan fingerprint density at radius 3 is 2.53 bits per heavy atom. The number of nitrogens with one attached hydrogen (secondary N) is 4. The maximum atomic E-state index is 13.6. The van der Waals surface area contributed by atoms with Gasteiger partial charge in [-0.2, -0.15) is 13.2 Å². The molecule has 2 aromatic heterocycles. The van der Waals surface area contributed by atoms with E-state index in [1.165, 1.54) is 23.7 Å². The van der Waals surface area contributed by atoms with E-state index in [0.29, 0.717) is 40.9 Å². The number of anilines is 4. The van der Waals surface area contributed by atoms with E-state index in [1.54, 1.807) is 30.5 Å². The fourth-order valence-electron chi connectivity index (χ4n) is 4.42. The maximum absolute atomic E-state index is 13.6. The number of thiophene rings is 1. The van der Waals surface area contributed by atoms with Crippen molar-refractivity contribution in [3.63, 3.8) is 0 Å². The summed E-state index contributed by atoms with van der Waals surface area (Å²) >= 11 is 1.38. The molecular formula is C30H32F3N7O2S. The van der Waals surface area contributed by atoms with Gasteiger partial charge in [-0.05, 0) is 82.7 Å². The normalized spacial score (nSPS) is 13.3. The molecule has 1 saturated carbocycles. The fraction of sp³-hybridized carbons (Fsp3) is 0.333. The number of carbonyl (C=O) groups excluding carboxylic acids is 2. The van der Waals surface area contributed by atoms with Gasteiger partial charge in [0.05, 0.1) is 21.3 Å². The highest BCUT2D eigenvalue weighted by Gasteiger charge is 2.32. The molecule has 2 aromatic carbocycles. The van der Waals surface area contributed by atoms with Gasteiger partial charge < -0.3 is 26.2 Å². The Kier molecular flexibility index (Phi) is 8.83. The molecule has 1 fully saturated rings. The number of benzene rings is 2. The van der Waals surface area contributed by atoms with Crippen LogP contribution in [0.25, 0.3) is 10.2 Å². The second kappa shape index (κ2) is 12.6. The van der Waals surface area contributed by atoms with Crippen LogP contribution in [0.2, 0.25) is 0 Å². The van der Waals surface area contributed by atoms with Crippen molar-refractivity contribution in [3.05, 3.63) is 70.4 Å². The van der Waals surface area contributed by atoms with Crippen molar-refractivity contribution in [1.29, 1.82) is 0 Å². The van der Waals surface area contributed by atoms with Crippen molar-refractivity contribution in [2.45, 2.75) is 38.4 Å². The SMILES string of the molecule is Cc1ccc(NC(=O)c2cc(NCCCN(C)C)cc(C(F)(F)F)c2)cc1NC(=O)c1csc2c(NC3CC3)ncnc12. The van der Waals surface area contributed by atoms with Crippen molar-refractivity contribution in [2.24, 2.45) is 0 Å². The van der Waals surface area contributed by atoms with Gasteiger partial charge in [-0.15, -0.1) is 11.3 Å². The fourth-order valence-corrected chi connectivity index (χ4v) is 5.37. The van der Waals surface area contributed by atoms with E-state index in [0.717, 1.165) is 48.2 Å². The number of rotatable bonds is 11. The summed E-state index contributed by atoms with van der Waals surface area (Å²) < 4.78 is 41.7. The van der Waals surface area contributed by atoms with Crippen LogP contribution in [0.15, 0.2) is 48.1 Å². The van der Waals surface area contributed by atoms with E-state index >= 15 is 0 Å². The number of fused-ring (bicyclic) bond motifs is 1. The molecule has 1 aliphatic carbocycles. The average molecular weight is 612 g/mol. The van der Waals surface area contributed by atoms with E-state index in [4.69, 9.17) is 0 Å². The van der Waals surface area contributed by atoms with Crippen LogP contribution in [-0.2, 0) is 6.18 Å². The van der Waals surface area contributed by atoms with Crippen LogP contribution < -0.4 is 21.3 Å². The van der Waals surface area contributed by atoms with Gasteiger partial charge in [0, 0.05) is 40.6 Å². The molecule has 43 heavy (non-hydrogen) atoms. The molecule has 0 saturated heterocycles. The van der Waals surface area contributed by atoms with Crippen molar-refractivity contribution < 1.29 is 22.8 Å². The molecule has 2 amide bonds. The van der Waals surface area contributed by atoms with Crippen LogP contribution in [0.5, 0.6) is 0 Å². The van der Waals surface area contributed by atoms with E-state index in [1.807, 2.05) is 19.0 Å². The third-order valence-electron chi connectivity index (χ3n) is 6.89. The van der Waals surface area contributed by atoms with Gasteiger partial charge in [0.25, 0.3) is 11.8 Å². The van der Waals surface area contributed by atoms with Crippen LogP contribution >= 0.6 is 11.3 Å². The Labute approximate surface area is 250 Å². The molecule has 4 aromatic rings. The zero-order valence-electron chi connectivity index (χ0n) is 23.9. The second-order valence-electron chi connectivity index (χ2n) is 10.8. The summed E-state index contributed by atoms with van der Waals surface area (Å²) in [7, 11) is 3.83. The summed E-state index contributed by atoms with van der Waals surface area (Å²) in [6.07, 6.45) is -0.312. The van der Waals surface area contributed by atoms with Crippen molar-refractivity contribution in [3.8, 4) is 0 Å². The van der Waals surface area contributed by atoms with E-state index in [-0.39, 0.29) is 17.2 Å². The topological polar surface area (TPSA) is 111 Å². The first-order valence-electron chi connectivity index (χ1n) is 13.8. The van der Waals surface area contributed by atoms with Gasteiger partial charge in [-0.3, -0.25) is 9.59 Å². The first-order chi connectivity index (χ1) is 20.5. The van der Waals surface area contributed by atoms with Crippen LogP contribution in [0.1, 0.15) is 51.1 Å². The predicted molar refractivity (Wildman–Crippen MR) is 164 cm³/mol. The summed E-state index contributed by atoms with van der Waals surface area (Å²) in [5.74, 6) is -0.379. The number of amides is 2. The molecule has 1 aliphatic rings. The van der Waals surface area contributed by atoms with Gasteiger partial charge >= 0.3 is 6.18 Å². The third kappa shape index (κ3) is 7.59. The molecule has 0 unspecified atom stereocenters. The Morgan fingerprint density at radius 1 is 1.02 bits per heavy atom. The smallest absolute Gasteiger partial charge is 0.385 e. The average Bonchev–Trinajstić information content (AvgIpc) is 3.66. The van der Waals surface area contributed by atoms with E-state index < -0.39 is 17.6 Å². The van der Waals surface area contributed by atoms with Gasteiger partial charge in [0.2, 0.25) is 0 Å². The monoisotopic (exact) mass is 611 g/mol. The number of carbonyl (C=O) groups is 2. The first-order valence-corrected chi connectivity index (χ1v) is 14.7. The summed E-state index contributed by atoms with van der Waals surface area (Å²) in [6.45, 7) is 3.01. The number of aryl methyl sites for hydroxylation is 1. The van der Waals surface area contributed by atoms with Crippen molar-refractivity contribution in [2.75, 3.05) is 48.5 Å². The molecule has 226 valence electrons. The predicted octanol–water partition coefficient (Wildman–Crippen LogP) is 6.46. The molecule has 5 rings (SSSR count). The minimum Gasteiger partial charge on any atom is -0.385 e. The molecule has 2 heterocycles. The van der Waals surface area contributed by atoms with Crippen molar-refractivity contribution in [1.82, 2.24) is 14.9 Å². The van der Waals surface area contributed by atoms with Crippen LogP contribution in [-0.4, -0.2) is 59.9 Å². The summed E-state index contributed by atoms with van der Waals surface area (Å²) in [5.41, 5.74) is 1.57. The van der Waals surface area contributed by atoms with Gasteiger partial charge in [0.1, 0.15) is 12.1 Å². The molecule has 0 atom stereocenters.